The molecule has 0 saturated heterocycles. The Morgan fingerprint density at radius 1 is 1.16 bits per heavy atom. The highest BCUT2D eigenvalue weighted by atomic mass is 15.4. The molecule has 0 aliphatic rings. The van der Waals surface area contributed by atoms with Crippen LogP contribution in [0.3, 0.4) is 0 Å². The summed E-state index contributed by atoms with van der Waals surface area (Å²) in [5.74, 6) is 0.981. The summed E-state index contributed by atoms with van der Waals surface area (Å²) in [5.41, 5.74) is 2.58. The average Bonchev–Trinajstić information content (AvgIpc) is 2.85. The number of hydrogen-bond acceptors (Lipinski definition) is 3. The van der Waals surface area contributed by atoms with Gasteiger partial charge in [0.05, 0.1) is 6.54 Å². The predicted molar refractivity (Wildman–Crippen MR) is 76.8 cm³/mol. The fourth-order valence-corrected chi connectivity index (χ4v) is 2.05. The summed E-state index contributed by atoms with van der Waals surface area (Å²) in [7, 11) is 0. The molecule has 0 radical (unpaired) electrons. The summed E-state index contributed by atoms with van der Waals surface area (Å²) in [6.07, 6.45) is 1.62. The third-order valence-electron chi connectivity index (χ3n) is 3.28. The van der Waals surface area contributed by atoms with Gasteiger partial charge >= 0.3 is 0 Å². The van der Waals surface area contributed by atoms with Gasteiger partial charge in [-0.15, -0.1) is 0 Å². The normalized spacial score (nSPS) is 12.9. The fourth-order valence-electron chi connectivity index (χ4n) is 2.05. The number of nitrogens with one attached hydrogen (secondary N) is 1. The first-order chi connectivity index (χ1) is 9.08. The molecule has 1 unspecified atom stereocenters. The van der Waals surface area contributed by atoms with E-state index >= 15 is 0 Å². The van der Waals surface area contributed by atoms with Gasteiger partial charge in [0, 0.05) is 12.1 Å². The Kier molecular flexibility index (Phi) is 4.32. The molecule has 0 bridgehead atoms. The standard InChI is InChI=1S/C15H22N4/c1-11(2)19-15(17-10-18-19)9-16-13(4)14-7-5-12(3)6-8-14/h5-8,10-11,13,16H,9H2,1-4H3. The topological polar surface area (TPSA) is 42.7 Å². The van der Waals surface area contributed by atoms with Crippen LogP contribution in [0.4, 0.5) is 0 Å². The summed E-state index contributed by atoms with van der Waals surface area (Å²) < 4.78 is 1.95. The molecule has 4 heteroatoms. The van der Waals surface area contributed by atoms with Gasteiger partial charge in [-0.3, -0.25) is 0 Å². The van der Waals surface area contributed by atoms with Crippen LogP contribution in [0.15, 0.2) is 30.6 Å². The van der Waals surface area contributed by atoms with Crippen molar-refractivity contribution in [3.63, 3.8) is 0 Å². The predicted octanol–water partition coefficient (Wildman–Crippen LogP) is 3.02. The van der Waals surface area contributed by atoms with Crippen LogP contribution < -0.4 is 5.32 Å². The van der Waals surface area contributed by atoms with E-state index in [9.17, 15) is 0 Å². The Hall–Kier alpha value is -1.68. The van der Waals surface area contributed by atoms with Crippen molar-refractivity contribution in [2.45, 2.75) is 46.3 Å². The Balaban J connectivity index is 1.98. The number of nitrogens with zero attached hydrogens (tertiary/aromatic N) is 3. The lowest BCUT2D eigenvalue weighted by Gasteiger charge is -2.15. The van der Waals surface area contributed by atoms with Crippen molar-refractivity contribution in [3.8, 4) is 0 Å². The van der Waals surface area contributed by atoms with Gasteiger partial charge in [-0.05, 0) is 33.3 Å². The number of aryl methyl sites for hydroxylation is 1. The third kappa shape index (κ3) is 3.41. The summed E-state index contributed by atoms with van der Waals surface area (Å²) in [6, 6.07) is 9.26. The van der Waals surface area contributed by atoms with E-state index in [2.05, 4.69) is 67.4 Å². The molecule has 1 aromatic heterocycles. The summed E-state index contributed by atoms with van der Waals surface area (Å²) in [6.45, 7) is 9.23. The van der Waals surface area contributed by atoms with Crippen LogP contribution in [-0.2, 0) is 6.54 Å². The molecule has 0 aliphatic carbocycles. The van der Waals surface area contributed by atoms with Crippen LogP contribution >= 0.6 is 0 Å². The van der Waals surface area contributed by atoms with E-state index in [0.29, 0.717) is 12.1 Å². The molecule has 0 aliphatic heterocycles. The first-order valence-corrected chi connectivity index (χ1v) is 6.76. The first kappa shape index (κ1) is 13.7. The molecule has 1 aromatic carbocycles. The van der Waals surface area contributed by atoms with Crippen molar-refractivity contribution in [1.29, 1.82) is 0 Å². The zero-order valence-corrected chi connectivity index (χ0v) is 12.1. The van der Waals surface area contributed by atoms with Crippen molar-refractivity contribution < 1.29 is 0 Å². The van der Waals surface area contributed by atoms with Gasteiger partial charge in [-0.2, -0.15) is 5.10 Å². The zero-order valence-electron chi connectivity index (χ0n) is 12.1. The first-order valence-electron chi connectivity index (χ1n) is 6.76. The van der Waals surface area contributed by atoms with Crippen LogP contribution in [-0.4, -0.2) is 14.8 Å². The molecule has 2 rings (SSSR count). The van der Waals surface area contributed by atoms with Gasteiger partial charge in [0.15, 0.2) is 0 Å². The second-order valence-corrected chi connectivity index (χ2v) is 5.23. The maximum Gasteiger partial charge on any atom is 0.141 e. The smallest absolute Gasteiger partial charge is 0.141 e. The van der Waals surface area contributed by atoms with Crippen LogP contribution in [0.2, 0.25) is 0 Å². The molecule has 102 valence electrons. The van der Waals surface area contributed by atoms with E-state index < -0.39 is 0 Å². The minimum absolute atomic E-state index is 0.304. The van der Waals surface area contributed by atoms with E-state index in [1.165, 1.54) is 11.1 Å². The molecular formula is C15H22N4. The van der Waals surface area contributed by atoms with E-state index in [1.807, 2.05) is 4.68 Å². The number of hydrogen-bond donors (Lipinski definition) is 1. The molecule has 0 spiro atoms. The number of aromatic nitrogens is 3. The fraction of sp³-hybridized carbons (Fsp3) is 0.467. The quantitative estimate of drug-likeness (QED) is 0.896. The molecule has 4 nitrogen and oxygen atoms in total. The van der Waals surface area contributed by atoms with E-state index in [-0.39, 0.29) is 0 Å². The van der Waals surface area contributed by atoms with Gasteiger partial charge in [0.25, 0.3) is 0 Å². The summed E-state index contributed by atoms with van der Waals surface area (Å²) >= 11 is 0. The van der Waals surface area contributed by atoms with Crippen molar-refractivity contribution in [3.05, 3.63) is 47.5 Å². The van der Waals surface area contributed by atoms with Crippen LogP contribution in [0.25, 0.3) is 0 Å². The third-order valence-corrected chi connectivity index (χ3v) is 3.28. The monoisotopic (exact) mass is 258 g/mol. The van der Waals surface area contributed by atoms with Gasteiger partial charge < -0.3 is 5.32 Å². The molecule has 2 aromatic rings. The second kappa shape index (κ2) is 5.97. The highest BCUT2D eigenvalue weighted by Crippen LogP contribution is 2.14. The molecule has 0 amide bonds. The van der Waals surface area contributed by atoms with Crippen molar-refractivity contribution in [2.24, 2.45) is 0 Å². The molecule has 0 saturated carbocycles. The Morgan fingerprint density at radius 3 is 2.47 bits per heavy atom. The minimum Gasteiger partial charge on any atom is -0.303 e. The van der Waals surface area contributed by atoms with Gasteiger partial charge in [0.2, 0.25) is 0 Å². The van der Waals surface area contributed by atoms with Crippen molar-refractivity contribution in [1.82, 2.24) is 20.1 Å². The molecule has 19 heavy (non-hydrogen) atoms. The molecule has 1 atom stereocenters. The largest absolute Gasteiger partial charge is 0.303 e. The van der Waals surface area contributed by atoms with Gasteiger partial charge in [0.1, 0.15) is 12.2 Å². The average molecular weight is 258 g/mol. The molecule has 1 N–H and O–H groups in total. The SMILES string of the molecule is Cc1ccc(C(C)NCc2ncnn2C(C)C)cc1. The Bertz CT molecular complexity index is 513. The summed E-state index contributed by atoms with van der Waals surface area (Å²) in [5, 5.41) is 7.74. The van der Waals surface area contributed by atoms with Gasteiger partial charge in [-0.25, -0.2) is 9.67 Å². The van der Waals surface area contributed by atoms with E-state index in [0.717, 1.165) is 12.4 Å². The maximum absolute atomic E-state index is 4.31. The van der Waals surface area contributed by atoms with E-state index in [1.54, 1.807) is 6.33 Å². The van der Waals surface area contributed by atoms with Crippen molar-refractivity contribution >= 4 is 0 Å². The molecular weight excluding hydrogens is 236 g/mol. The minimum atomic E-state index is 0.304. The summed E-state index contributed by atoms with van der Waals surface area (Å²) in [4.78, 5) is 4.31. The van der Waals surface area contributed by atoms with E-state index in [4.69, 9.17) is 0 Å². The zero-order chi connectivity index (χ0) is 13.8. The van der Waals surface area contributed by atoms with Crippen molar-refractivity contribution in [2.75, 3.05) is 0 Å². The lowest BCUT2D eigenvalue weighted by molar-refractivity contribution is 0.473. The number of rotatable bonds is 5. The lowest BCUT2D eigenvalue weighted by atomic mass is 10.1. The molecule has 1 heterocycles. The lowest BCUT2D eigenvalue weighted by Crippen LogP contribution is -2.21. The Labute approximate surface area is 114 Å². The van der Waals surface area contributed by atoms with Crippen LogP contribution in [0.5, 0.6) is 0 Å². The number of benzene rings is 1. The molecule has 0 fully saturated rings. The maximum atomic E-state index is 4.31. The van der Waals surface area contributed by atoms with Crippen LogP contribution in [0.1, 0.15) is 49.8 Å². The second-order valence-electron chi connectivity index (χ2n) is 5.23. The van der Waals surface area contributed by atoms with Crippen LogP contribution in [0, 0.1) is 6.92 Å². The Morgan fingerprint density at radius 2 is 1.84 bits per heavy atom. The highest BCUT2D eigenvalue weighted by molar-refractivity contribution is 5.23. The van der Waals surface area contributed by atoms with Gasteiger partial charge in [-0.1, -0.05) is 29.8 Å². The highest BCUT2D eigenvalue weighted by Gasteiger charge is 2.10.